The van der Waals surface area contributed by atoms with Gasteiger partial charge in [0.25, 0.3) is 5.91 Å². The second kappa shape index (κ2) is 9.41. The molecule has 1 saturated carbocycles. The number of fused-ring (bicyclic) bond motifs is 1. The van der Waals surface area contributed by atoms with Gasteiger partial charge in [-0.15, -0.1) is 0 Å². The Morgan fingerprint density at radius 3 is 2.42 bits per heavy atom. The molecule has 0 spiro atoms. The van der Waals surface area contributed by atoms with Crippen LogP contribution in [0.5, 0.6) is 0 Å². The van der Waals surface area contributed by atoms with Gasteiger partial charge in [0.1, 0.15) is 5.69 Å². The second-order valence-electron chi connectivity index (χ2n) is 8.64. The minimum Gasteiger partial charge on any atom is -0.371 e. The third-order valence-electron chi connectivity index (χ3n) is 6.59. The second-order valence-corrected chi connectivity index (χ2v) is 8.64. The van der Waals surface area contributed by atoms with Gasteiger partial charge >= 0.3 is 6.18 Å². The van der Waals surface area contributed by atoms with Crippen molar-refractivity contribution in [1.29, 1.82) is 0 Å². The van der Waals surface area contributed by atoms with Crippen molar-refractivity contribution in [3.8, 4) is 0 Å². The van der Waals surface area contributed by atoms with E-state index in [-0.39, 0.29) is 18.0 Å². The number of hydrogen-bond acceptors (Lipinski definition) is 3. The molecular formula is C26H28F3N3O. The summed E-state index contributed by atoms with van der Waals surface area (Å²) in [6.45, 7) is 2.03. The number of nitrogens with one attached hydrogen (secondary N) is 1. The minimum absolute atomic E-state index is 0.0563. The Bertz CT molecular complexity index is 1140. The summed E-state index contributed by atoms with van der Waals surface area (Å²) in [6.07, 6.45) is -0.574. The van der Waals surface area contributed by atoms with Crippen molar-refractivity contribution in [3.05, 3.63) is 71.4 Å². The number of aromatic nitrogens is 1. The van der Waals surface area contributed by atoms with Crippen molar-refractivity contribution in [2.75, 3.05) is 11.9 Å². The Balaban J connectivity index is 1.47. The van der Waals surface area contributed by atoms with Gasteiger partial charge in [-0.1, -0.05) is 43.3 Å². The molecule has 4 rings (SSSR count). The van der Waals surface area contributed by atoms with Crippen LogP contribution >= 0.6 is 0 Å². The van der Waals surface area contributed by atoms with Crippen LogP contribution in [0.4, 0.5) is 18.9 Å². The van der Waals surface area contributed by atoms with E-state index in [0.29, 0.717) is 22.2 Å². The highest BCUT2D eigenvalue weighted by Crippen LogP contribution is 2.36. The Labute approximate surface area is 191 Å². The molecule has 1 aliphatic rings. The standard InChI is InChI=1S/C26H28F3N3O/c1-3-17-8-4-5-9-20(17)25(33)30-18-12-14-19(15-13-18)32(2)23-16-24(26(27,28)29)31-22-11-7-6-10-21(22)23/h4-11,16,18-19H,3,12-15H2,1-2H3,(H,30,33). The van der Waals surface area contributed by atoms with E-state index in [1.54, 1.807) is 12.1 Å². The van der Waals surface area contributed by atoms with Gasteiger partial charge in [-0.3, -0.25) is 4.79 Å². The highest BCUT2D eigenvalue weighted by atomic mass is 19.4. The molecule has 3 aromatic rings. The van der Waals surface area contributed by atoms with Gasteiger partial charge < -0.3 is 10.2 Å². The molecule has 0 unspecified atom stereocenters. The molecule has 4 nitrogen and oxygen atoms in total. The highest BCUT2D eigenvalue weighted by molar-refractivity contribution is 5.96. The number of hydrogen-bond donors (Lipinski definition) is 1. The maximum atomic E-state index is 13.4. The lowest BCUT2D eigenvalue weighted by atomic mass is 9.89. The number of carbonyl (C=O) groups is 1. The smallest absolute Gasteiger partial charge is 0.371 e. The number of rotatable bonds is 5. The molecule has 1 heterocycles. The summed E-state index contributed by atoms with van der Waals surface area (Å²) in [7, 11) is 1.85. The molecule has 174 valence electrons. The fourth-order valence-electron chi connectivity index (χ4n) is 4.71. The van der Waals surface area contributed by atoms with E-state index in [4.69, 9.17) is 0 Å². The fourth-order valence-corrected chi connectivity index (χ4v) is 4.71. The number of pyridine rings is 1. The molecule has 0 aliphatic heterocycles. The maximum Gasteiger partial charge on any atom is 0.433 e. The molecule has 1 fully saturated rings. The van der Waals surface area contributed by atoms with Gasteiger partial charge in [-0.2, -0.15) is 13.2 Å². The highest BCUT2D eigenvalue weighted by Gasteiger charge is 2.34. The van der Waals surface area contributed by atoms with Gasteiger partial charge in [0.2, 0.25) is 0 Å². The summed E-state index contributed by atoms with van der Waals surface area (Å²) >= 11 is 0. The van der Waals surface area contributed by atoms with Crippen molar-refractivity contribution in [1.82, 2.24) is 10.3 Å². The van der Waals surface area contributed by atoms with Crippen molar-refractivity contribution in [2.45, 2.75) is 57.3 Å². The minimum atomic E-state index is -4.50. The molecule has 1 amide bonds. The van der Waals surface area contributed by atoms with E-state index in [1.165, 1.54) is 0 Å². The lowest BCUT2D eigenvalue weighted by molar-refractivity contribution is -0.140. The maximum absolute atomic E-state index is 13.4. The van der Waals surface area contributed by atoms with Crippen LogP contribution in [-0.2, 0) is 12.6 Å². The molecule has 0 atom stereocenters. The summed E-state index contributed by atoms with van der Waals surface area (Å²) < 4.78 is 40.3. The summed E-state index contributed by atoms with van der Waals surface area (Å²) in [4.78, 5) is 18.5. The van der Waals surface area contributed by atoms with E-state index in [1.807, 2.05) is 55.3 Å². The molecule has 0 saturated heterocycles. The largest absolute Gasteiger partial charge is 0.433 e. The molecule has 1 N–H and O–H groups in total. The van der Waals surface area contributed by atoms with E-state index >= 15 is 0 Å². The van der Waals surface area contributed by atoms with Crippen LogP contribution in [0.25, 0.3) is 10.9 Å². The summed E-state index contributed by atoms with van der Waals surface area (Å²) in [5.41, 5.74) is 1.73. The third kappa shape index (κ3) is 4.97. The zero-order valence-corrected chi connectivity index (χ0v) is 18.8. The quantitative estimate of drug-likeness (QED) is 0.514. The van der Waals surface area contributed by atoms with Gasteiger partial charge in [0.15, 0.2) is 0 Å². The monoisotopic (exact) mass is 455 g/mol. The van der Waals surface area contributed by atoms with Crippen molar-refractivity contribution in [3.63, 3.8) is 0 Å². The Morgan fingerprint density at radius 2 is 1.73 bits per heavy atom. The van der Waals surface area contributed by atoms with Gasteiger partial charge in [0.05, 0.1) is 5.52 Å². The number of para-hydroxylation sites is 1. The lowest BCUT2D eigenvalue weighted by Crippen LogP contribution is -2.43. The Kier molecular flexibility index (Phi) is 6.58. The number of carbonyl (C=O) groups excluding carboxylic acids is 1. The number of alkyl halides is 3. The van der Waals surface area contributed by atoms with E-state index in [0.717, 1.165) is 43.7 Å². The Hall–Kier alpha value is -3.09. The summed E-state index contributed by atoms with van der Waals surface area (Å²) in [6, 6.07) is 15.9. The topological polar surface area (TPSA) is 45.2 Å². The molecule has 7 heteroatoms. The van der Waals surface area contributed by atoms with Crippen LogP contribution in [-0.4, -0.2) is 30.0 Å². The van der Waals surface area contributed by atoms with Crippen LogP contribution in [0.2, 0.25) is 0 Å². The zero-order chi connectivity index (χ0) is 23.6. The SMILES string of the molecule is CCc1ccccc1C(=O)NC1CCC(N(C)c2cc(C(F)(F)F)nc3ccccc23)CC1. The number of halogens is 3. The van der Waals surface area contributed by atoms with E-state index < -0.39 is 11.9 Å². The number of anilines is 1. The predicted octanol–water partition coefficient (Wildman–Crippen LogP) is 5.99. The molecule has 2 aromatic carbocycles. The average molecular weight is 456 g/mol. The van der Waals surface area contributed by atoms with Crippen LogP contribution in [0.1, 0.15) is 54.2 Å². The van der Waals surface area contributed by atoms with Crippen molar-refractivity contribution >= 4 is 22.5 Å². The van der Waals surface area contributed by atoms with Crippen molar-refractivity contribution in [2.24, 2.45) is 0 Å². The van der Waals surface area contributed by atoms with Gasteiger partial charge in [-0.05, 0) is 55.9 Å². The molecule has 1 aliphatic carbocycles. The normalized spacial score (nSPS) is 18.8. The first-order chi connectivity index (χ1) is 15.8. The van der Waals surface area contributed by atoms with Gasteiger partial charge in [0, 0.05) is 35.8 Å². The molecule has 0 radical (unpaired) electrons. The van der Waals surface area contributed by atoms with E-state index in [9.17, 15) is 18.0 Å². The van der Waals surface area contributed by atoms with Gasteiger partial charge in [-0.25, -0.2) is 4.98 Å². The van der Waals surface area contributed by atoms with Crippen LogP contribution < -0.4 is 10.2 Å². The van der Waals surface area contributed by atoms with Crippen LogP contribution in [0.15, 0.2) is 54.6 Å². The predicted molar refractivity (Wildman–Crippen MR) is 124 cm³/mol. The molecule has 1 aromatic heterocycles. The van der Waals surface area contributed by atoms with Crippen LogP contribution in [0.3, 0.4) is 0 Å². The van der Waals surface area contributed by atoms with E-state index in [2.05, 4.69) is 10.3 Å². The molecule has 0 bridgehead atoms. The third-order valence-corrected chi connectivity index (χ3v) is 6.59. The van der Waals surface area contributed by atoms with Crippen molar-refractivity contribution < 1.29 is 18.0 Å². The summed E-state index contributed by atoms with van der Waals surface area (Å²) in [5.74, 6) is -0.0563. The average Bonchev–Trinajstić information content (AvgIpc) is 2.82. The number of nitrogens with zero attached hydrogens (tertiary/aromatic N) is 2. The number of amides is 1. The Morgan fingerprint density at radius 1 is 1.06 bits per heavy atom. The first-order valence-corrected chi connectivity index (χ1v) is 11.4. The zero-order valence-electron chi connectivity index (χ0n) is 18.8. The molecular weight excluding hydrogens is 427 g/mol. The summed E-state index contributed by atoms with van der Waals surface area (Å²) in [5, 5.41) is 3.86. The fraction of sp³-hybridized carbons (Fsp3) is 0.385. The first kappa shape index (κ1) is 23.1. The lowest BCUT2D eigenvalue weighted by Gasteiger charge is -2.37. The number of aryl methyl sites for hydroxylation is 1. The number of benzene rings is 2. The first-order valence-electron chi connectivity index (χ1n) is 11.4. The van der Waals surface area contributed by atoms with Crippen LogP contribution in [0, 0.1) is 0 Å². The molecule has 33 heavy (non-hydrogen) atoms.